The van der Waals surface area contributed by atoms with E-state index in [1.165, 1.54) is 0 Å². The molecule has 202 valence electrons. The molecule has 0 radical (unpaired) electrons. The van der Waals surface area contributed by atoms with Crippen LogP contribution in [0.5, 0.6) is 11.8 Å². The van der Waals surface area contributed by atoms with Gasteiger partial charge in [-0.1, -0.05) is 18.2 Å². The van der Waals surface area contributed by atoms with Gasteiger partial charge in [0.1, 0.15) is 6.33 Å². The maximum atomic E-state index is 6.17. The minimum atomic E-state index is -0.235. The molecule has 0 unspecified atom stereocenters. The lowest BCUT2D eigenvalue weighted by molar-refractivity contribution is 0.416. The molecule has 0 bridgehead atoms. The SMILES string of the molecule is CCn1ncc(-c2cc(-c3nc4c5c(ncn4n3)Oc3n[nH]c(C)c3[C@H]5c3cnn(C)c3)c3ccccc3n2)c1C. The zero-order chi connectivity index (χ0) is 27.8. The van der Waals surface area contributed by atoms with E-state index in [-0.39, 0.29) is 5.92 Å². The largest absolute Gasteiger partial charge is 0.418 e. The molecule has 0 spiro atoms. The predicted octanol–water partition coefficient (Wildman–Crippen LogP) is 4.58. The van der Waals surface area contributed by atoms with Gasteiger partial charge >= 0.3 is 0 Å². The van der Waals surface area contributed by atoms with Crippen molar-refractivity contribution in [2.45, 2.75) is 33.2 Å². The summed E-state index contributed by atoms with van der Waals surface area (Å²) in [4.78, 5) is 14.7. The summed E-state index contributed by atoms with van der Waals surface area (Å²) in [5, 5.41) is 22.3. The molecule has 6 aromatic heterocycles. The first kappa shape index (κ1) is 23.5. The number of aryl methyl sites for hydroxylation is 3. The normalized spacial score (nSPS) is 14.4. The quantitative estimate of drug-likeness (QED) is 0.341. The summed E-state index contributed by atoms with van der Waals surface area (Å²) < 4.78 is 11.6. The lowest BCUT2D eigenvalue weighted by atomic mass is 9.86. The maximum Gasteiger partial charge on any atom is 0.244 e. The topological polar surface area (TPSA) is 130 Å². The van der Waals surface area contributed by atoms with Gasteiger partial charge in [0.15, 0.2) is 11.5 Å². The molecule has 8 rings (SSSR count). The number of aromatic nitrogens is 11. The number of pyridine rings is 1. The van der Waals surface area contributed by atoms with Gasteiger partial charge in [0.25, 0.3) is 0 Å². The Labute approximate surface area is 233 Å². The summed E-state index contributed by atoms with van der Waals surface area (Å²) in [6.07, 6.45) is 7.36. The second-order valence-corrected chi connectivity index (χ2v) is 10.2. The summed E-state index contributed by atoms with van der Waals surface area (Å²) in [5.74, 6) is 1.29. The molecule has 12 nitrogen and oxygen atoms in total. The number of ether oxygens (including phenoxy) is 1. The number of H-pyrrole nitrogens is 1. The van der Waals surface area contributed by atoms with Crippen molar-refractivity contribution in [1.82, 2.24) is 54.3 Å². The molecule has 1 aromatic carbocycles. The Balaban J connectivity index is 1.37. The van der Waals surface area contributed by atoms with Crippen LogP contribution in [0.1, 0.15) is 40.9 Å². The van der Waals surface area contributed by atoms with Crippen LogP contribution in [0.4, 0.5) is 0 Å². The standard InChI is InChI=1S/C29H25N11O/c1-5-39-16(3)20(12-32-39)22-10-19(18-8-6-7-9-21(18)33-22)26-34-27-25-24(17-11-31-38(4)13-17)23-15(2)35-36-29(23)41-28(25)30-14-40(27)37-26/h6-14,24H,5H2,1-4H3,(H,35,36)/t24-/m1/s1. The fraction of sp³-hybridized carbons (Fsp3) is 0.207. The molecular weight excluding hydrogens is 518 g/mol. The average Bonchev–Trinajstić information content (AvgIpc) is 3.77. The first-order valence-corrected chi connectivity index (χ1v) is 13.4. The van der Waals surface area contributed by atoms with Crippen LogP contribution in [0, 0.1) is 13.8 Å². The van der Waals surface area contributed by atoms with E-state index in [0.29, 0.717) is 23.2 Å². The van der Waals surface area contributed by atoms with Gasteiger partial charge in [0.05, 0.1) is 35.1 Å². The lowest BCUT2D eigenvalue weighted by Crippen LogP contribution is -2.14. The number of nitrogens with one attached hydrogen (secondary N) is 1. The van der Waals surface area contributed by atoms with Crippen molar-refractivity contribution in [3.05, 3.63) is 83.3 Å². The summed E-state index contributed by atoms with van der Waals surface area (Å²) in [6.45, 7) is 6.92. The number of hydrogen-bond acceptors (Lipinski definition) is 8. The van der Waals surface area contributed by atoms with Crippen LogP contribution in [0.25, 0.3) is 39.2 Å². The maximum absolute atomic E-state index is 6.17. The van der Waals surface area contributed by atoms with E-state index < -0.39 is 0 Å². The minimum Gasteiger partial charge on any atom is -0.418 e. The monoisotopic (exact) mass is 543 g/mol. The Morgan fingerprint density at radius 2 is 1.88 bits per heavy atom. The molecule has 7 heterocycles. The van der Waals surface area contributed by atoms with E-state index in [1.807, 2.05) is 61.5 Å². The summed E-state index contributed by atoms with van der Waals surface area (Å²) >= 11 is 0. The molecule has 1 N–H and O–H groups in total. The Morgan fingerprint density at radius 1 is 1.00 bits per heavy atom. The molecule has 0 aliphatic carbocycles. The van der Waals surface area contributed by atoms with Gasteiger partial charge < -0.3 is 4.74 Å². The second-order valence-electron chi connectivity index (χ2n) is 10.2. The van der Waals surface area contributed by atoms with E-state index in [2.05, 4.69) is 45.3 Å². The van der Waals surface area contributed by atoms with E-state index in [4.69, 9.17) is 19.8 Å². The number of fused-ring (bicyclic) bond motifs is 5. The number of nitrogens with zero attached hydrogens (tertiary/aromatic N) is 10. The zero-order valence-electron chi connectivity index (χ0n) is 22.9. The predicted molar refractivity (Wildman–Crippen MR) is 151 cm³/mol. The Hall–Kier alpha value is -5.39. The van der Waals surface area contributed by atoms with E-state index >= 15 is 0 Å². The van der Waals surface area contributed by atoms with Crippen LogP contribution >= 0.6 is 0 Å². The van der Waals surface area contributed by atoms with Crippen molar-refractivity contribution in [2.75, 3.05) is 0 Å². The van der Waals surface area contributed by atoms with Gasteiger partial charge in [-0.05, 0) is 32.9 Å². The summed E-state index contributed by atoms with van der Waals surface area (Å²) in [5.41, 5.74) is 8.91. The number of para-hydroxylation sites is 1. The van der Waals surface area contributed by atoms with Gasteiger partial charge in [-0.3, -0.25) is 14.5 Å². The molecule has 0 fully saturated rings. The van der Waals surface area contributed by atoms with Gasteiger partial charge in [-0.2, -0.15) is 10.2 Å². The third kappa shape index (κ3) is 3.43. The smallest absolute Gasteiger partial charge is 0.244 e. The van der Waals surface area contributed by atoms with Gasteiger partial charge in [0.2, 0.25) is 11.8 Å². The molecule has 41 heavy (non-hydrogen) atoms. The van der Waals surface area contributed by atoms with Crippen LogP contribution in [-0.4, -0.2) is 54.3 Å². The Bertz CT molecular complexity index is 2130. The molecule has 12 heteroatoms. The van der Waals surface area contributed by atoms with Crippen molar-refractivity contribution < 1.29 is 4.74 Å². The van der Waals surface area contributed by atoms with Gasteiger partial charge in [-0.25, -0.2) is 19.5 Å². The molecule has 1 aliphatic heterocycles. The molecule has 0 amide bonds. The van der Waals surface area contributed by atoms with Crippen molar-refractivity contribution >= 4 is 16.6 Å². The lowest BCUT2D eigenvalue weighted by Gasteiger charge is -2.24. The molecule has 1 aliphatic rings. The van der Waals surface area contributed by atoms with Crippen molar-refractivity contribution in [1.29, 1.82) is 0 Å². The zero-order valence-corrected chi connectivity index (χ0v) is 22.9. The Morgan fingerprint density at radius 3 is 2.68 bits per heavy atom. The van der Waals surface area contributed by atoms with Gasteiger partial charge in [0, 0.05) is 58.8 Å². The average molecular weight is 544 g/mol. The van der Waals surface area contributed by atoms with Crippen molar-refractivity contribution in [2.24, 2.45) is 7.05 Å². The highest BCUT2D eigenvalue weighted by Gasteiger charge is 2.37. The number of rotatable bonds is 4. The fourth-order valence-corrected chi connectivity index (χ4v) is 5.81. The van der Waals surface area contributed by atoms with E-state index in [9.17, 15) is 0 Å². The van der Waals surface area contributed by atoms with Crippen LogP contribution in [-0.2, 0) is 13.6 Å². The van der Waals surface area contributed by atoms with E-state index in [1.54, 1.807) is 15.5 Å². The third-order valence-corrected chi connectivity index (χ3v) is 7.81. The minimum absolute atomic E-state index is 0.235. The van der Waals surface area contributed by atoms with Crippen LogP contribution in [0.15, 0.2) is 55.2 Å². The highest BCUT2D eigenvalue weighted by molar-refractivity contribution is 5.95. The first-order chi connectivity index (χ1) is 20.0. The highest BCUT2D eigenvalue weighted by atomic mass is 16.5. The van der Waals surface area contributed by atoms with Gasteiger partial charge in [-0.15, -0.1) is 10.2 Å². The first-order valence-electron chi connectivity index (χ1n) is 13.4. The fourth-order valence-electron chi connectivity index (χ4n) is 5.81. The Kier molecular flexibility index (Phi) is 4.90. The third-order valence-electron chi connectivity index (χ3n) is 7.81. The van der Waals surface area contributed by atoms with Crippen LogP contribution in [0.2, 0.25) is 0 Å². The molecular formula is C29H25N11O. The molecule has 7 aromatic rings. The number of benzene rings is 1. The number of hydrogen-bond donors (Lipinski definition) is 1. The second kappa shape index (κ2) is 8.55. The molecule has 1 atom stereocenters. The van der Waals surface area contributed by atoms with Crippen molar-refractivity contribution in [3.8, 4) is 34.4 Å². The summed E-state index contributed by atoms with van der Waals surface area (Å²) in [6, 6.07) is 10.1. The van der Waals surface area contributed by atoms with Crippen molar-refractivity contribution in [3.63, 3.8) is 0 Å². The summed E-state index contributed by atoms with van der Waals surface area (Å²) in [7, 11) is 1.90. The highest BCUT2D eigenvalue weighted by Crippen LogP contribution is 2.48. The van der Waals surface area contributed by atoms with E-state index in [0.717, 1.165) is 62.3 Å². The molecule has 0 saturated carbocycles. The van der Waals surface area contributed by atoms with Crippen LogP contribution in [0.3, 0.4) is 0 Å². The number of aromatic amines is 1. The molecule has 0 saturated heterocycles. The van der Waals surface area contributed by atoms with Crippen LogP contribution < -0.4 is 4.74 Å².